The number of benzene rings is 3. The summed E-state index contributed by atoms with van der Waals surface area (Å²) in [5, 5.41) is 34.9. The number of hydrogen-bond acceptors (Lipinski definition) is 9. The Kier molecular flexibility index (Phi) is 3.51. The first kappa shape index (κ1) is 21.0. The summed E-state index contributed by atoms with van der Waals surface area (Å²) in [5.74, 6) is -5.01. The highest BCUT2D eigenvalue weighted by Crippen LogP contribution is 2.69. The van der Waals surface area contributed by atoms with Gasteiger partial charge in [0.05, 0.1) is 35.6 Å². The van der Waals surface area contributed by atoms with Crippen LogP contribution in [0.4, 0.5) is 4.39 Å². The van der Waals surface area contributed by atoms with Gasteiger partial charge >= 0.3 is 0 Å². The molecule has 3 N–H and O–H groups in total. The van der Waals surface area contributed by atoms with Crippen LogP contribution in [0.2, 0.25) is 0 Å². The Labute approximate surface area is 202 Å². The summed E-state index contributed by atoms with van der Waals surface area (Å²) in [7, 11) is 1.40. The number of Topliss-reactive ketones (excluding diaryl/α,β-unsaturated/α-hetero) is 1. The highest BCUT2D eigenvalue weighted by Gasteiger charge is 2.89. The van der Waals surface area contributed by atoms with Crippen molar-refractivity contribution in [3.8, 4) is 23.0 Å². The smallest absolute Gasteiger partial charge is 0.274 e. The lowest BCUT2D eigenvalue weighted by Gasteiger charge is -2.45. The number of aliphatic hydroxyl groups is 1. The van der Waals surface area contributed by atoms with Crippen molar-refractivity contribution >= 4 is 27.3 Å². The molecule has 0 aromatic heterocycles. The molecular formula is C26H21FO9. The largest absolute Gasteiger partial charge is 0.506 e. The van der Waals surface area contributed by atoms with Crippen LogP contribution in [0.25, 0.3) is 21.5 Å². The highest BCUT2D eigenvalue weighted by atomic mass is 19.1. The van der Waals surface area contributed by atoms with Crippen LogP contribution in [0.1, 0.15) is 47.4 Å². The van der Waals surface area contributed by atoms with Crippen molar-refractivity contribution in [3.05, 3.63) is 34.6 Å². The molecule has 4 aliphatic heterocycles. The molecule has 2 bridgehead atoms. The number of carbonyl (C=O) groups excluding carboxylic acids is 1. The standard InChI is InChI=1S/C26H21FO9/c1-24-25(8-33-25)26(31)23(36-24)22(34-24)17-12(27)7-11-16(21(17)35-26)19(30)15-10(20(11)32-2)6-9-4-3-5-13(28)14(9)18(15)29/h6-7,22-23,29-31H,3-5,8H2,1-2H3/t22?,23?,24?,25-,26-/m1/s1. The van der Waals surface area contributed by atoms with E-state index in [0.29, 0.717) is 23.8 Å². The maximum atomic E-state index is 15.7. The van der Waals surface area contributed by atoms with E-state index in [0.717, 1.165) is 0 Å². The number of epoxide rings is 1. The molecule has 3 aromatic rings. The third-order valence-corrected chi connectivity index (χ3v) is 8.60. The molecule has 5 atom stereocenters. The van der Waals surface area contributed by atoms with Gasteiger partial charge in [-0.05, 0) is 37.5 Å². The number of hydrogen-bond donors (Lipinski definition) is 3. The molecule has 36 heavy (non-hydrogen) atoms. The fraction of sp³-hybridized carbons (Fsp3) is 0.423. The number of ketones is 1. The second-order valence-corrected chi connectivity index (χ2v) is 10.3. The van der Waals surface area contributed by atoms with E-state index in [1.807, 2.05) is 0 Å². The Morgan fingerprint density at radius 2 is 1.86 bits per heavy atom. The monoisotopic (exact) mass is 496 g/mol. The fourth-order valence-electron chi connectivity index (χ4n) is 6.85. The molecule has 9 nitrogen and oxygen atoms in total. The third-order valence-electron chi connectivity index (χ3n) is 8.60. The second-order valence-electron chi connectivity index (χ2n) is 10.3. The summed E-state index contributed by atoms with van der Waals surface area (Å²) in [4.78, 5) is 12.7. The van der Waals surface area contributed by atoms with Gasteiger partial charge in [0.1, 0.15) is 34.9 Å². The number of ether oxygens (including phenoxy) is 5. The summed E-state index contributed by atoms with van der Waals surface area (Å²) in [6, 6.07) is 2.90. The molecule has 186 valence electrons. The van der Waals surface area contributed by atoms with Gasteiger partial charge < -0.3 is 39.0 Å². The summed E-state index contributed by atoms with van der Waals surface area (Å²) in [5.41, 5.74) is -0.532. The maximum absolute atomic E-state index is 15.7. The zero-order valence-electron chi connectivity index (χ0n) is 19.3. The Morgan fingerprint density at radius 1 is 1.11 bits per heavy atom. The van der Waals surface area contributed by atoms with Crippen LogP contribution < -0.4 is 9.47 Å². The lowest BCUT2D eigenvalue weighted by molar-refractivity contribution is -0.274. The molecule has 0 saturated carbocycles. The molecule has 3 fully saturated rings. The maximum Gasteiger partial charge on any atom is 0.274 e. The minimum absolute atomic E-state index is 0.0145. The minimum Gasteiger partial charge on any atom is -0.506 e. The summed E-state index contributed by atoms with van der Waals surface area (Å²) in [6.45, 7) is 1.73. The minimum atomic E-state index is -2.00. The van der Waals surface area contributed by atoms with Gasteiger partial charge in [0.15, 0.2) is 11.9 Å². The van der Waals surface area contributed by atoms with Gasteiger partial charge in [-0.15, -0.1) is 0 Å². The van der Waals surface area contributed by atoms with Gasteiger partial charge in [0.25, 0.3) is 5.79 Å². The fourth-order valence-corrected chi connectivity index (χ4v) is 6.85. The summed E-state index contributed by atoms with van der Waals surface area (Å²) >= 11 is 0. The van der Waals surface area contributed by atoms with E-state index in [4.69, 9.17) is 23.7 Å². The van der Waals surface area contributed by atoms with Crippen molar-refractivity contribution < 1.29 is 48.2 Å². The van der Waals surface area contributed by atoms with Crippen LogP contribution in [-0.2, 0) is 20.6 Å². The van der Waals surface area contributed by atoms with E-state index < -0.39 is 40.9 Å². The van der Waals surface area contributed by atoms with Crippen molar-refractivity contribution in [3.63, 3.8) is 0 Å². The Hall–Kier alpha value is -3.18. The van der Waals surface area contributed by atoms with Gasteiger partial charge in [-0.3, -0.25) is 4.79 Å². The number of aryl methyl sites for hydroxylation is 1. The van der Waals surface area contributed by atoms with E-state index in [1.165, 1.54) is 13.2 Å². The van der Waals surface area contributed by atoms with Crippen molar-refractivity contribution in [2.45, 2.75) is 55.6 Å². The predicted molar refractivity (Wildman–Crippen MR) is 120 cm³/mol. The zero-order valence-corrected chi connectivity index (χ0v) is 19.3. The molecule has 8 rings (SSSR count). The van der Waals surface area contributed by atoms with Crippen molar-refractivity contribution in [2.24, 2.45) is 0 Å². The van der Waals surface area contributed by atoms with Crippen LogP contribution in [-0.4, -0.2) is 58.1 Å². The summed E-state index contributed by atoms with van der Waals surface area (Å²) < 4.78 is 45.1. The second kappa shape index (κ2) is 6.03. The predicted octanol–water partition coefficient (Wildman–Crippen LogP) is 3.11. The van der Waals surface area contributed by atoms with Gasteiger partial charge in [0.2, 0.25) is 11.4 Å². The first-order valence-corrected chi connectivity index (χ1v) is 11.8. The number of rotatable bonds is 1. The van der Waals surface area contributed by atoms with E-state index in [1.54, 1.807) is 13.0 Å². The Bertz CT molecular complexity index is 1590. The van der Waals surface area contributed by atoms with Crippen molar-refractivity contribution in [1.82, 2.24) is 0 Å². The zero-order chi connectivity index (χ0) is 24.9. The third kappa shape index (κ3) is 2.01. The number of fused-ring (bicyclic) bond motifs is 9. The highest BCUT2D eigenvalue weighted by molar-refractivity contribution is 6.18. The number of aromatic hydroxyl groups is 2. The van der Waals surface area contributed by atoms with Gasteiger partial charge in [-0.25, -0.2) is 4.39 Å². The molecule has 5 aliphatic rings. The molecule has 1 aliphatic carbocycles. The number of methoxy groups -OCH3 is 1. The quantitative estimate of drug-likeness (QED) is 0.344. The van der Waals surface area contributed by atoms with Crippen LogP contribution >= 0.6 is 0 Å². The average molecular weight is 496 g/mol. The SMILES string of the molecule is COc1c2cc3c(c(O)c2c(O)c2c4c(c(F)cc12)C1OC2(C)OC1[C@@](O)(O4)[C@@]21CO1)C(=O)CCC3. The molecule has 3 unspecified atom stereocenters. The molecule has 1 spiro atoms. The van der Waals surface area contributed by atoms with Crippen LogP contribution in [0.3, 0.4) is 0 Å². The van der Waals surface area contributed by atoms with Crippen LogP contribution in [0.5, 0.6) is 23.0 Å². The molecular weight excluding hydrogens is 475 g/mol. The molecule has 10 heteroatoms. The van der Waals surface area contributed by atoms with E-state index in [2.05, 4.69) is 0 Å². The van der Waals surface area contributed by atoms with E-state index in [-0.39, 0.29) is 63.3 Å². The molecule has 3 saturated heterocycles. The molecule has 0 amide bonds. The average Bonchev–Trinajstić information content (AvgIpc) is 3.53. The van der Waals surface area contributed by atoms with Crippen molar-refractivity contribution in [2.75, 3.05) is 13.7 Å². The van der Waals surface area contributed by atoms with E-state index >= 15 is 4.39 Å². The lowest BCUT2D eigenvalue weighted by Crippen LogP contribution is -2.65. The first-order chi connectivity index (χ1) is 17.2. The normalized spacial score (nSPS) is 35.3. The number of phenols is 2. The summed E-state index contributed by atoms with van der Waals surface area (Å²) in [6.07, 6.45) is -0.576. The molecule has 4 heterocycles. The Balaban J connectivity index is 1.50. The van der Waals surface area contributed by atoms with Crippen LogP contribution in [0.15, 0.2) is 12.1 Å². The van der Waals surface area contributed by atoms with Crippen molar-refractivity contribution in [1.29, 1.82) is 0 Å². The lowest BCUT2D eigenvalue weighted by atomic mass is 9.80. The number of halogens is 1. The number of carbonyl (C=O) groups is 1. The van der Waals surface area contributed by atoms with Gasteiger partial charge in [-0.1, -0.05) is 0 Å². The number of phenolic OH excluding ortho intramolecular Hbond substituents is 2. The van der Waals surface area contributed by atoms with Gasteiger partial charge in [0, 0.05) is 17.2 Å². The Morgan fingerprint density at radius 3 is 2.58 bits per heavy atom. The molecule has 0 radical (unpaired) electrons. The van der Waals surface area contributed by atoms with Crippen LogP contribution in [0, 0.1) is 5.82 Å². The first-order valence-electron chi connectivity index (χ1n) is 11.8. The topological polar surface area (TPSA) is 127 Å². The van der Waals surface area contributed by atoms with Gasteiger partial charge in [-0.2, -0.15) is 0 Å². The van der Waals surface area contributed by atoms with E-state index in [9.17, 15) is 20.1 Å². The molecule has 3 aromatic carbocycles.